The number of benzene rings is 4. The van der Waals surface area contributed by atoms with E-state index >= 15 is 0 Å². The molecule has 0 aliphatic carbocycles. The van der Waals surface area contributed by atoms with Crippen molar-refractivity contribution in [3.63, 3.8) is 0 Å². The standard InChI is InChI=1S/C30H21BrN2O4S/c31-22-10-6-21(7-11-22)19-36-24-14-8-20(9-15-24)18-27-28(34)32-30(38)33(29(27)35)23-12-16-26(17-13-23)37-25-4-2-1-3-5-25/h1-18H,19H2,(H,32,34,38)/b27-18+. The molecule has 0 spiro atoms. The number of hydrogen-bond donors (Lipinski definition) is 1. The molecule has 38 heavy (non-hydrogen) atoms. The van der Waals surface area contributed by atoms with Crippen LogP contribution in [0.1, 0.15) is 11.1 Å². The highest BCUT2D eigenvalue weighted by molar-refractivity contribution is 9.10. The first kappa shape index (κ1) is 25.4. The molecule has 6 nitrogen and oxygen atoms in total. The van der Waals surface area contributed by atoms with E-state index in [2.05, 4.69) is 21.2 Å². The van der Waals surface area contributed by atoms with Crippen molar-refractivity contribution in [2.75, 3.05) is 4.90 Å². The van der Waals surface area contributed by atoms with E-state index in [4.69, 9.17) is 21.7 Å². The summed E-state index contributed by atoms with van der Waals surface area (Å²) in [7, 11) is 0. The first-order valence-electron chi connectivity index (χ1n) is 11.7. The van der Waals surface area contributed by atoms with Crippen molar-refractivity contribution in [1.29, 1.82) is 0 Å². The van der Waals surface area contributed by atoms with E-state index in [0.717, 1.165) is 10.0 Å². The fourth-order valence-electron chi connectivity index (χ4n) is 3.75. The summed E-state index contributed by atoms with van der Waals surface area (Å²) in [6, 6.07) is 31.4. The maximum atomic E-state index is 13.3. The zero-order valence-corrected chi connectivity index (χ0v) is 22.4. The molecular weight excluding hydrogens is 564 g/mol. The summed E-state index contributed by atoms with van der Waals surface area (Å²) in [5.41, 5.74) is 2.22. The number of thiocarbonyl (C=S) groups is 1. The average molecular weight is 585 g/mol. The van der Waals surface area contributed by atoms with Crippen molar-refractivity contribution >= 4 is 56.8 Å². The number of amides is 2. The van der Waals surface area contributed by atoms with Crippen molar-refractivity contribution < 1.29 is 19.1 Å². The Kier molecular flexibility index (Phi) is 7.62. The molecule has 1 saturated heterocycles. The number of hydrogen-bond acceptors (Lipinski definition) is 5. The highest BCUT2D eigenvalue weighted by Crippen LogP contribution is 2.27. The summed E-state index contributed by atoms with van der Waals surface area (Å²) in [4.78, 5) is 27.3. The van der Waals surface area contributed by atoms with Crippen molar-refractivity contribution in [1.82, 2.24) is 5.32 Å². The normalized spacial score (nSPS) is 14.4. The Balaban J connectivity index is 1.29. The van der Waals surface area contributed by atoms with Crippen LogP contribution in [0.5, 0.6) is 17.2 Å². The van der Waals surface area contributed by atoms with Gasteiger partial charge in [-0.25, -0.2) is 0 Å². The molecule has 0 atom stereocenters. The molecule has 1 fully saturated rings. The third-order valence-corrected chi connectivity index (χ3v) is 6.50. The van der Waals surface area contributed by atoms with Crippen LogP contribution in [0.2, 0.25) is 0 Å². The van der Waals surface area contributed by atoms with E-state index < -0.39 is 11.8 Å². The molecule has 0 saturated carbocycles. The number of nitrogens with zero attached hydrogens (tertiary/aromatic N) is 1. The van der Waals surface area contributed by atoms with Crippen LogP contribution in [0.4, 0.5) is 5.69 Å². The molecule has 188 valence electrons. The van der Waals surface area contributed by atoms with Crippen LogP contribution in [0.3, 0.4) is 0 Å². The minimum atomic E-state index is -0.546. The third kappa shape index (κ3) is 5.99. The van der Waals surface area contributed by atoms with Gasteiger partial charge < -0.3 is 9.47 Å². The second-order valence-electron chi connectivity index (χ2n) is 8.35. The number of halogens is 1. The predicted molar refractivity (Wildman–Crippen MR) is 154 cm³/mol. The van der Waals surface area contributed by atoms with Gasteiger partial charge in [0.15, 0.2) is 5.11 Å². The van der Waals surface area contributed by atoms with Crippen molar-refractivity contribution in [3.05, 3.63) is 124 Å². The van der Waals surface area contributed by atoms with Crippen LogP contribution < -0.4 is 19.7 Å². The molecule has 1 heterocycles. The summed E-state index contributed by atoms with van der Waals surface area (Å²) in [5, 5.41) is 2.63. The minimum absolute atomic E-state index is 0.0190. The van der Waals surface area contributed by atoms with E-state index in [0.29, 0.717) is 35.1 Å². The van der Waals surface area contributed by atoms with Gasteiger partial charge in [-0.2, -0.15) is 0 Å². The number of ether oxygens (including phenoxy) is 2. The lowest BCUT2D eigenvalue weighted by Gasteiger charge is -2.29. The summed E-state index contributed by atoms with van der Waals surface area (Å²) in [6.45, 7) is 0.427. The Morgan fingerprint density at radius 3 is 2.11 bits per heavy atom. The first-order chi connectivity index (χ1) is 18.5. The Bertz CT molecular complexity index is 1500. The highest BCUT2D eigenvalue weighted by Gasteiger charge is 2.34. The van der Waals surface area contributed by atoms with Gasteiger partial charge in [-0.05, 0) is 90.1 Å². The molecule has 0 bridgehead atoms. The summed E-state index contributed by atoms with van der Waals surface area (Å²) < 4.78 is 12.7. The lowest BCUT2D eigenvalue weighted by Crippen LogP contribution is -2.54. The van der Waals surface area contributed by atoms with Crippen molar-refractivity contribution in [2.45, 2.75) is 6.61 Å². The zero-order valence-electron chi connectivity index (χ0n) is 20.0. The minimum Gasteiger partial charge on any atom is -0.489 e. The second-order valence-corrected chi connectivity index (χ2v) is 9.65. The third-order valence-electron chi connectivity index (χ3n) is 5.69. The Morgan fingerprint density at radius 2 is 1.42 bits per heavy atom. The quantitative estimate of drug-likeness (QED) is 0.150. The largest absolute Gasteiger partial charge is 0.489 e. The Morgan fingerprint density at radius 1 is 0.789 bits per heavy atom. The number of carbonyl (C=O) groups excluding carboxylic acids is 2. The Hall–Kier alpha value is -4.27. The summed E-state index contributed by atoms with van der Waals surface area (Å²) >= 11 is 8.73. The van der Waals surface area contributed by atoms with Gasteiger partial charge in [-0.1, -0.05) is 58.4 Å². The number of carbonyl (C=O) groups is 2. The smallest absolute Gasteiger partial charge is 0.270 e. The molecule has 4 aromatic carbocycles. The van der Waals surface area contributed by atoms with Crippen LogP contribution >= 0.6 is 28.1 Å². The fraction of sp³-hybridized carbons (Fsp3) is 0.0333. The topological polar surface area (TPSA) is 67.9 Å². The SMILES string of the molecule is O=C1NC(=S)N(c2ccc(Oc3ccccc3)cc2)C(=O)/C1=C/c1ccc(OCc2ccc(Br)cc2)cc1. The molecule has 1 aliphatic heterocycles. The molecule has 8 heteroatoms. The lowest BCUT2D eigenvalue weighted by atomic mass is 10.1. The molecule has 0 aromatic heterocycles. The van der Waals surface area contributed by atoms with Crippen molar-refractivity contribution in [2.24, 2.45) is 0 Å². The molecular formula is C30H21BrN2O4S. The zero-order chi connectivity index (χ0) is 26.5. The molecule has 0 radical (unpaired) electrons. The number of anilines is 1. The summed E-state index contributed by atoms with van der Waals surface area (Å²) in [6.07, 6.45) is 1.54. The average Bonchev–Trinajstić information content (AvgIpc) is 2.93. The summed E-state index contributed by atoms with van der Waals surface area (Å²) in [5.74, 6) is 0.932. The molecule has 5 rings (SSSR count). The van der Waals surface area contributed by atoms with E-state index in [-0.39, 0.29) is 10.7 Å². The van der Waals surface area contributed by atoms with Gasteiger partial charge in [0.25, 0.3) is 11.8 Å². The maximum absolute atomic E-state index is 13.3. The van der Waals surface area contributed by atoms with E-state index in [1.165, 1.54) is 11.0 Å². The second kappa shape index (κ2) is 11.4. The van der Waals surface area contributed by atoms with Gasteiger partial charge in [-0.3, -0.25) is 19.8 Å². The molecule has 4 aromatic rings. The van der Waals surface area contributed by atoms with Crippen LogP contribution in [0.15, 0.2) is 113 Å². The number of para-hydroxylation sites is 1. The Labute approximate surface area is 233 Å². The molecule has 1 N–H and O–H groups in total. The van der Waals surface area contributed by atoms with Gasteiger partial charge in [0.05, 0.1) is 5.69 Å². The predicted octanol–water partition coefficient (Wildman–Crippen LogP) is 6.65. The van der Waals surface area contributed by atoms with Gasteiger partial charge in [-0.15, -0.1) is 0 Å². The maximum Gasteiger partial charge on any atom is 0.270 e. The first-order valence-corrected chi connectivity index (χ1v) is 12.9. The van der Waals surface area contributed by atoms with Crippen LogP contribution in [-0.2, 0) is 16.2 Å². The van der Waals surface area contributed by atoms with Crippen LogP contribution in [0.25, 0.3) is 6.08 Å². The fourth-order valence-corrected chi connectivity index (χ4v) is 4.30. The van der Waals surface area contributed by atoms with Gasteiger partial charge in [0.1, 0.15) is 29.4 Å². The van der Waals surface area contributed by atoms with Gasteiger partial charge >= 0.3 is 0 Å². The lowest BCUT2D eigenvalue weighted by molar-refractivity contribution is -0.122. The molecule has 2 amide bonds. The van der Waals surface area contributed by atoms with Crippen LogP contribution in [-0.4, -0.2) is 16.9 Å². The van der Waals surface area contributed by atoms with Crippen LogP contribution in [0, 0.1) is 0 Å². The molecule has 0 unspecified atom stereocenters. The highest BCUT2D eigenvalue weighted by atomic mass is 79.9. The van der Waals surface area contributed by atoms with Crippen molar-refractivity contribution in [3.8, 4) is 17.2 Å². The van der Waals surface area contributed by atoms with E-state index in [1.807, 2.05) is 54.6 Å². The van der Waals surface area contributed by atoms with E-state index in [9.17, 15) is 9.59 Å². The number of rotatable bonds is 7. The monoisotopic (exact) mass is 584 g/mol. The van der Waals surface area contributed by atoms with Gasteiger partial charge in [0, 0.05) is 4.47 Å². The van der Waals surface area contributed by atoms with E-state index in [1.54, 1.807) is 48.5 Å². The number of nitrogens with one attached hydrogen (secondary N) is 1. The molecule has 1 aliphatic rings. The van der Waals surface area contributed by atoms with Gasteiger partial charge in [0.2, 0.25) is 0 Å².